The van der Waals surface area contributed by atoms with Crippen LogP contribution in [-0.4, -0.2) is 39.3 Å². The molecule has 2 unspecified atom stereocenters. The topological polar surface area (TPSA) is 59.0 Å². The molecule has 1 amide bonds. The minimum atomic E-state index is -0.515. The van der Waals surface area contributed by atoms with Crippen LogP contribution in [0.3, 0.4) is 0 Å². The number of benzene rings is 1. The van der Waals surface area contributed by atoms with Crippen molar-refractivity contribution in [1.29, 1.82) is 0 Å². The van der Waals surface area contributed by atoms with Crippen LogP contribution in [-0.2, 0) is 14.3 Å². The number of esters is 1. The van der Waals surface area contributed by atoms with Gasteiger partial charge in [0.25, 0.3) is 0 Å². The van der Waals surface area contributed by atoms with Crippen molar-refractivity contribution in [3.8, 4) is 0 Å². The summed E-state index contributed by atoms with van der Waals surface area (Å²) in [5.74, 6) is -0.473. The first kappa shape index (κ1) is 18.5. The molecule has 1 aromatic carbocycles. The van der Waals surface area contributed by atoms with Gasteiger partial charge in [-0.25, -0.2) is 9.79 Å². The average Bonchev–Trinajstić information content (AvgIpc) is 2.86. The van der Waals surface area contributed by atoms with Gasteiger partial charge in [0.05, 0.1) is 28.7 Å². The quantitative estimate of drug-likeness (QED) is 0.760. The molecule has 26 heavy (non-hydrogen) atoms. The summed E-state index contributed by atoms with van der Waals surface area (Å²) in [6.45, 7) is 7.25. The maximum absolute atomic E-state index is 12.7. The smallest absolute Gasteiger partial charge is 0.338 e. The van der Waals surface area contributed by atoms with E-state index in [2.05, 4.69) is 4.99 Å². The molecule has 2 aliphatic heterocycles. The first-order chi connectivity index (χ1) is 12.4. The monoisotopic (exact) mass is 370 g/mol. The second kappa shape index (κ2) is 7.50. The fourth-order valence-corrected chi connectivity index (χ4v) is 3.97. The van der Waals surface area contributed by atoms with Gasteiger partial charge in [-0.3, -0.25) is 9.69 Å². The summed E-state index contributed by atoms with van der Waals surface area (Å²) in [5, 5.41) is 0.429. The van der Waals surface area contributed by atoms with Crippen LogP contribution in [0.5, 0.6) is 0 Å². The molecule has 2 aliphatic rings. The van der Waals surface area contributed by atoms with Gasteiger partial charge >= 0.3 is 5.97 Å². The minimum absolute atomic E-state index is 0.0428. The van der Waals surface area contributed by atoms with Gasteiger partial charge in [0.15, 0.2) is 5.17 Å². The minimum Gasteiger partial charge on any atom is -0.459 e. The van der Waals surface area contributed by atoms with E-state index in [1.165, 1.54) is 11.8 Å². The maximum Gasteiger partial charge on any atom is 0.338 e. The number of amides is 1. The van der Waals surface area contributed by atoms with Crippen molar-refractivity contribution in [3.05, 3.63) is 53.2 Å². The summed E-state index contributed by atoms with van der Waals surface area (Å²) in [4.78, 5) is 31.5. The largest absolute Gasteiger partial charge is 0.459 e. The Balaban J connectivity index is 2.02. The van der Waals surface area contributed by atoms with E-state index in [9.17, 15) is 9.59 Å². The number of carbonyl (C=O) groups is 2. The predicted octanol–water partition coefficient (Wildman–Crippen LogP) is 3.63. The van der Waals surface area contributed by atoms with E-state index >= 15 is 0 Å². The lowest BCUT2D eigenvalue weighted by Crippen LogP contribution is -2.45. The van der Waals surface area contributed by atoms with E-state index in [1.807, 2.05) is 49.4 Å². The molecule has 0 radical (unpaired) electrons. The van der Waals surface area contributed by atoms with E-state index in [0.29, 0.717) is 16.4 Å². The number of thioether (sulfide) groups is 1. The van der Waals surface area contributed by atoms with Gasteiger partial charge < -0.3 is 4.74 Å². The van der Waals surface area contributed by atoms with E-state index in [1.54, 1.807) is 25.7 Å². The van der Waals surface area contributed by atoms with Crippen molar-refractivity contribution in [2.24, 2.45) is 4.99 Å². The van der Waals surface area contributed by atoms with Gasteiger partial charge in [0, 0.05) is 0 Å². The highest BCUT2D eigenvalue weighted by Gasteiger charge is 2.44. The number of fused-ring (bicyclic) bond motifs is 1. The number of aliphatic imine (C=N–C) groups is 1. The molecule has 1 saturated heterocycles. The molecule has 0 aliphatic carbocycles. The van der Waals surface area contributed by atoms with Crippen LogP contribution in [0.4, 0.5) is 0 Å². The van der Waals surface area contributed by atoms with Crippen molar-refractivity contribution in [3.63, 3.8) is 0 Å². The second-order valence-electron chi connectivity index (χ2n) is 6.53. The van der Waals surface area contributed by atoms with E-state index < -0.39 is 12.0 Å². The molecule has 3 rings (SSSR count). The summed E-state index contributed by atoms with van der Waals surface area (Å²) in [7, 11) is 0. The van der Waals surface area contributed by atoms with Gasteiger partial charge in [-0.15, -0.1) is 0 Å². The zero-order valence-electron chi connectivity index (χ0n) is 15.3. The third-order valence-electron chi connectivity index (χ3n) is 4.13. The molecule has 1 aromatic rings. The molecule has 2 heterocycles. The Morgan fingerprint density at radius 3 is 2.65 bits per heavy atom. The first-order valence-corrected chi connectivity index (χ1v) is 9.50. The van der Waals surface area contributed by atoms with Gasteiger partial charge in [-0.2, -0.15) is 0 Å². The van der Waals surface area contributed by atoms with Crippen molar-refractivity contribution in [2.45, 2.75) is 45.1 Å². The highest BCUT2D eigenvalue weighted by atomic mass is 32.2. The zero-order valence-corrected chi connectivity index (χ0v) is 16.1. The van der Waals surface area contributed by atoms with Crippen LogP contribution < -0.4 is 0 Å². The Hall–Kier alpha value is -2.34. The van der Waals surface area contributed by atoms with Crippen LogP contribution in [0.1, 0.15) is 33.3 Å². The van der Waals surface area contributed by atoms with Crippen LogP contribution >= 0.6 is 11.8 Å². The normalized spacial score (nSPS) is 22.9. The second-order valence-corrected chi connectivity index (χ2v) is 7.84. The van der Waals surface area contributed by atoms with Crippen molar-refractivity contribution >= 4 is 34.9 Å². The molecule has 2 atom stereocenters. The Bertz CT molecular complexity index is 812. The summed E-state index contributed by atoms with van der Waals surface area (Å²) in [6.07, 6.45) is 3.56. The Kier molecular flexibility index (Phi) is 5.32. The highest BCUT2D eigenvalue weighted by Crippen LogP contribution is 2.36. The molecule has 0 aromatic heterocycles. The van der Waals surface area contributed by atoms with E-state index in [0.717, 1.165) is 5.56 Å². The Morgan fingerprint density at radius 1 is 1.31 bits per heavy atom. The predicted molar refractivity (Wildman–Crippen MR) is 105 cm³/mol. The van der Waals surface area contributed by atoms with Crippen molar-refractivity contribution in [1.82, 2.24) is 4.90 Å². The summed E-state index contributed by atoms with van der Waals surface area (Å²) in [5.41, 5.74) is 2.01. The zero-order chi connectivity index (χ0) is 18.8. The van der Waals surface area contributed by atoms with Crippen LogP contribution in [0, 0.1) is 0 Å². The lowest BCUT2D eigenvalue weighted by atomic mass is 10.00. The molecule has 6 heteroatoms. The standard InChI is InChI=1S/C20H22N2O3S/c1-12(2)25-19(24)17-13(3)21-20-22(18(23)14(4)26-20)16(17)11-10-15-8-6-5-7-9-15/h5-12,14,16H,1-4H3/b11-10+. The number of amidine groups is 1. The van der Waals surface area contributed by atoms with Gasteiger partial charge in [0.2, 0.25) is 5.91 Å². The number of carbonyl (C=O) groups excluding carboxylic acids is 2. The summed E-state index contributed by atoms with van der Waals surface area (Å²) < 4.78 is 5.41. The van der Waals surface area contributed by atoms with E-state index in [4.69, 9.17) is 4.74 Å². The fraction of sp³-hybridized carbons (Fsp3) is 0.350. The molecule has 5 nitrogen and oxygen atoms in total. The maximum atomic E-state index is 12.7. The number of allylic oxidation sites excluding steroid dienone is 1. The molecule has 0 saturated carbocycles. The third-order valence-corrected chi connectivity index (χ3v) is 5.19. The molecule has 0 spiro atoms. The van der Waals surface area contributed by atoms with Crippen LogP contribution in [0.2, 0.25) is 0 Å². The Morgan fingerprint density at radius 2 is 2.00 bits per heavy atom. The lowest BCUT2D eigenvalue weighted by Gasteiger charge is -2.31. The average molecular weight is 370 g/mol. The fourth-order valence-electron chi connectivity index (χ4n) is 2.93. The first-order valence-electron chi connectivity index (χ1n) is 8.62. The van der Waals surface area contributed by atoms with Crippen molar-refractivity contribution < 1.29 is 14.3 Å². The SMILES string of the molecule is CC1=C(C(=O)OC(C)C)C(/C=C/c2ccccc2)N2C(=O)C(C)SC2=N1. The molecule has 1 fully saturated rings. The number of ether oxygens (including phenoxy) is 1. The molecule has 0 N–H and O–H groups in total. The number of rotatable bonds is 4. The molecular weight excluding hydrogens is 348 g/mol. The van der Waals surface area contributed by atoms with Gasteiger partial charge in [-0.1, -0.05) is 54.2 Å². The number of hydrogen-bond acceptors (Lipinski definition) is 5. The van der Waals surface area contributed by atoms with Crippen molar-refractivity contribution in [2.75, 3.05) is 0 Å². The number of nitrogens with zero attached hydrogens (tertiary/aromatic N) is 2. The van der Waals surface area contributed by atoms with Gasteiger partial charge in [-0.05, 0) is 33.3 Å². The molecule has 136 valence electrons. The van der Waals surface area contributed by atoms with Crippen LogP contribution in [0.15, 0.2) is 52.7 Å². The number of hydrogen-bond donors (Lipinski definition) is 0. The van der Waals surface area contributed by atoms with Crippen LogP contribution in [0.25, 0.3) is 6.08 Å². The van der Waals surface area contributed by atoms with E-state index in [-0.39, 0.29) is 17.3 Å². The molecular formula is C20H22N2O3S. The molecule has 0 bridgehead atoms. The Labute approximate surface area is 157 Å². The van der Waals surface area contributed by atoms with Gasteiger partial charge in [0.1, 0.15) is 0 Å². The lowest BCUT2D eigenvalue weighted by molar-refractivity contribution is -0.143. The summed E-state index contributed by atoms with van der Waals surface area (Å²) >= 11 is 1.42. The summed E-state index contributed by atoms with van der Waals surface area (Å²) in [6, 6.07) is 9.27. The third kappa shape index (κ3) is 3.60. The highest BCUT2D eigenvalue weighted by molar-refractivity contribution is 8.15.